The minimum absolute atomic E-state index is 0.00167. The quantitative estimate of drug-likeness (QED) is 0.844. The van der Waals surface area contributed by atoms with Crippen molar-refractivity contribution in [1.82, 2.24) is 0 Å². The van der Waals surface area contributed by atoms with E-state index in [1.807, 2.05) is 0 Å². The van der Waals surface area contributed by atoms with Crippen LogP contribution in [0.15, 0.2) is 24.3 Å². The van der Waals surface area contributed by atoms with E-state index in [1.54, 1.807) is 27.7 Å². The molecule has 0 aliphatic heterocycles. The van der Waals surface area contributed by atoms with Gasteiger partial charge in [-0.15, -0.1) is 0 Å². The molecule has 0 atom stereocenters. The highest BCUT2D eigenvalue weighted by molar-refractivity contribution is 5.51. The first-order chi connectivity index (χ1) is 12.1. The molecule has 0 aromatic heterocycles. The van der Waals surface area contributed by atoms with Crippen molar-refractivity contribution in [3.8, 4) is 11.5 Å². The Morgan fingerprint density at radius 3 is 1.24 bits per heavy atom. The molecular weight excluding hydrogens is 260 g/mol. The Bertz CT molecular complexity index is 761. The van der Waals surface area contributed by atoms with Gasteiger partial charge in [0, 0.05) is 13.6 Å². The standard InChI is InChI=1S/C19H24O2/c1-11-7-15(8-12(2)17(11)20)19(5,6)16-9-13(3)18(21)14(4)10-16/h7-10,20-21H,1-6H3/i5D3,6D3. The number of rotatable bonds is 2. The van der Waals surface area contributed by atoms with Crippen molar-refractivity contribution in [3.63, 3.8) is 0 Å². The van der Waals surface area contributed by atoms with Crippen LogP contribution in [0.4, 0.5) is 0 Å². The predicted molar refractivity (Wildman–Crippen MR) is 87.3 cm³/mol. The van der Waals surface area contributed by atoms with E-state index in [-0.39, 0.29) is 22.6 Å². The van der Waals surface area contributed by atoms with Gasteiger partial charge in [0.05, 0.1) is 0 Å². The first-order valence-electron chi connectivity index (χ1n) is 9.76. The molecule has 0 saturated heterocycles. The molecule has 0 bridgehead atoms. The molecule has 0 amide bonds. The van der Waals surface area contributed by atoms with Gasteiger partial charge in [0.1, 0.15) is 11.5 Å². The molecule has 21 heavy (non-hydrogen) atoms. The van der Waals surface area contributed by atoms with E-state index in [0.717, 1.165) is 0 Å². The Labute approximate surface area is 135 Å². The maximum Gasteiger partial charge on any atom is 0.121 e. The monoisotopic (exact) mass is 290 g/mol. The van der Waals surface area contributed by atoms with Crippen molar-refractivity contribution in [2.75, 3.05) is 0 Å². The molecule has 2 rings (SSSR count). The third-order valence-corrected chi connectivity index (χ3v) is 3.85. The van der Waals surface area contributed by atoms with Crippen molar-refractivity contribution in [3.05, 3.63) is 57.6 Å². The summed E-state index contributed by atoms with van der Waals surface area (Å²) in [5.41, 5.74) is -0.554. The lowest BCUT2D eigenvalue weighted by atomic mass is 9.76. The van der Waals surface area contributed by atoms with E-state index in [2.05, 4.69) is 0 Å². The van der Waals surface area contributed by atoms with E-state index >= 15 is 0 Å². The fourth-order valence-electron chi connectivity index (χ4n) is 2.51. The molecule has 0 aliphatic rings. The summed E-state index contributed by atoms with van der Waals surface area (Å²) >= 11 is 0. The summed E-state index contributed by atoms with van der Waals surface area (Å²) in [7, 11) is 0. The van der Waals surface area contributed by atoms with Gasteiger partial charge in [-0.1, -0.05) is 38.0 Å². The highest BCUT2D eigenvalue weighted by Crippen LogP contribution is 2.37. The van der Waals surface area contributed by atoms with Crippen LogP contribution in [0.5, 0.6) is 11.5 Å². The molecule has 0 unspecified atom stereocenters. The second-order valence-electron chi connectivity index (χ2n) is 5.67. The molecule has 2 aromatic carbocycles. The fourth-order valence-corrected chi connectivity index (χ4v) is 2.51. The Hall–Kier alpha value is -1.96. The summed E-state index contributed by atoms with van der Waals surface area (Å²) in [6.07, 6.45) is 0. The topological polar surface area (TPSA) is 40.5 Å². The van der Waals surface area contributed by atoms with Crippen LogP contribution in [0.3, 0.4) is 0 Å². The van der Waals surface area contributed by atoms with Crippen molar-refractivity contribution in [2.24, 2.45) is 0 Å². The molecule has 0 fully saturated rings. The molecular formula is C19H24O2. The van der Waals surface area contributed by atoms with Gasteiger partial charge >= 0.3 is 0 Å². The van der Waals surface area contributed by atoms with Gasteiger partial charge in [-0.05, 0) is 61.1 Å². The van der Waals surface area contributed by atoms with Crippen LogP contribution in [0.1, 0.15) is 55.3 Å². The van der Waals surface area contributed by atoms with Crippen molar-refractivity contribution < 1.29 is 18.4 Å². The smallest absolute Gasteiger partial charge is 0.121 e. The highest BCUT2D eigenvalue weighted by atomic mass is 16.3. The highest BCUT2D eigenvalue weighted by Gasteiger charge is 2.25. The molecule has 0 heterocycles. The molecule has 2 aromatic rings. The van der Waals surface area contributed by atoms with Gasteiger partial charge in [-0.3, -0.25) is 0 Å². The largest absolute Gasteiger partial charge is 0.507 e. The Kier molecular flexibility index (Phi) is 2.22. The first-order valence-corrected chi connectivity index (χ1v) is 6.76. The Morgan fingerprint density at radius 2 is 1.00 bits per heavy atom. The molecule has 0 saturated carbocycles. The van der Waals surface area contributed by atoms with Gasteiger partial charge in [0.25, 0.3) is 0 Å². The van der Waals surface area contributed by atoms with Gasteiger partial charge in [0.15, 0.2) is 0 Å². The van der Waals surface area contributed by atoms with Crippen molar-refractivity contribution in [1.29, 1.82) is 0 Å². The van der Waals surface area contributed by atoms with Gasteiger partial charge in [-0.2, -0.15) is 0 Å². The zero-order chi connectivity index (χ0) is 20.9. The molecule has 2 heteroatoms. The summed E-state index contributed by atoms with van der Waals surface area (Å²) < 4.78 is 49.2. The molecule has 2 N–H and O–H groups in total. The fraction of sp³-hybridized carbons (Fsp3) is 0.368. The van der Waals surface area contributed by atoms with Gasteiger partial charge in [-0.25, -0.2) is 0 Å². The normalized spacial score (nSPS) is 17.1. The SMILES string of the molecule is [2H]C([2H])([2H])C(c1cc(C)c(O)c(C)c1)(c1cc(C)c(O)c(C)c1)C([2H])([2H])[2H]. The maximum absolute atomic E-state index is 10.1. The molecule has 0 radical (unpaired) electrons. The van der Waals surface area contributed by atoms with Crippen molar-refractivity contribution in [2.45, 2.75) is 46.8 Å². The molecule has 0 spiro atoms. The number of aryl methyl sites for hydroxylation is 4. The van der Waals surface area contributed by atoms with E-state index in [4.69, 9.17) is 8.22 Å². The lowest BCUT2D eigenvalue weighted by molar-refractivity contribution is 0.465. The summed E-state index contributed by atoms with van der Waals surface area (Å²) in [4.78, 5) is 0. The van der Waals surface area contributed by atoms with E-state index in [1.165, 1.54) is 24.3 Å². The summed E-state index contributed by atoms with van der Waals surface area (Å²) in [6.45, 7) is 0.575. The number of aromatic hydroxyl groups is 2. The first kappa shape index (κ1) is 9.14. The van der Waals surface area contributed by atoms with Crippen LogP contribution in [0.25, 0.3) is 0 Å². The zero-order valence-electron chi connectivity index (χ0n) is 18.7. The zero-order valence-corrected chi connectivity index (χ0v) is 12.7. The van der Waals surface area contributed by atoms with Crippen LogP contribution < -0.4 is 0 Å². The second kappa shape index (κ2) is 5.10. The lowest BCUT2D eigenvalue weighted by Crippen LogP contribution is -2.19. The number of phenols is 2. The minimum atomic E-state index is -2.91. The number of phenolic OH excluding ortho intramolecular Hbond substituents is 2. The average Bonchev–Trinajstić information content (AvgIpc) is 2.47. The van der Waals surface area contributed by atoms with Crippen molar-refractivity contribution >= 4 is 0 Å². The van der Waals surface area contributed by atoms with E-state index in [0.29, 0.717) is 22.3 Å². The maximum atomic E-state index is 10.1. The second-order valence-corrected chi connectivity index (χ2v) is 5.67. The third-order valence-electron chi connectivity index (χ3n) is 3.85. The Balaban J connectivity index is 3.06. The van der Waals surface area contributed by atoms with E-state index in [9.17, 15) is 10.2 Å². The third kappa shape index (κ3) is 2.63. The number of hydrogen-bond acceptors (Lipinski definition) is 2. The summed E-state index contributed by atoms with van der Waals surface area (Å²) in [5, 5.41) is 20.2. The summed E-state index contributed by atoms with van der Waals surface area (Å²) in [6, 6.07) is 5.66. The lowest BCUT2D eigenvalue weighted by Gasteiger charge is -2.28. The van der Waals surface area contributed by atoms with E-state index < -0.39 is 19.1 Å². The average molecular weight is 290 g/mol. The molecule has 112 valence electrons. The van der Waals surface area contributed by atoms with Gasteiger partial charge < -0.3 is 10.2 Å². The molecule has 2 nitrogen and oxygen atoms in total. The van der Waals surface area contributed by atoms with Crippen LogP contribution >= 0.6 is 0 Å². The van der Waals surface area contributed by atoms with Crippen LogP contribution in [0, 0.1) is 27.7 Å². The molecule has 0 aliphatic carbocycles. The number of benzene rings is 2. The summed E-state index contributed by atoms with van der Waals surface area (Å²) in [5.74, 6) is 0.00334. The van der Waals surface area contributed by atoms with Crippen LogP contribution in [-0.2, 0) is 5.41 Å². The minimum Gasteiger partial charge on any atom is -0.507 e. The predicted octanol–water partition coefficient (Wildman–Crippen LogP) is 4.66. The van der Waals surface area contributed by atoms with Crippen LogP contribution in [-0.4, -0.2) is 10.2 Å². The van der Waals surface area contributed by atoms with Crippen LogP contribution in [0.2, 0.25) is 0 Å². The Morgan fingerprint density at radius 1 is 0.714 bits per heavy atom. The number of hydrogen-bond donors (Lipinski definition) is 2. The van der Waals surface area contributed by atoms with Gasteiger partial charge in [0.2, 0.25) is 0 Å².